The number of carbonyl (C=O) groups is 1. The molecule has 0 radical (unpaired) electrons. The number of hydrogen-bond acceptors (Lipinski definition) is 4. The summed E-state index contributed by atoms with van der Waals surface area (Å²) in [7, 11) is 0. The molecule has 2 aliphatic heterocycles. The molecule has 1 aromatic carbocycles. The average molecular weight is 559 g/mol. The summed E-state index contributed by atoms with van der Waals surface area (Å²) in [6, 6.07) is 5.65. The molecule has 11 heteroatoms. The van der Waals surface area contributed by atoms with E-state index < -0.39 is 11.7 Å². The molecule has 202 valence electrons. The normalized spacial score (nSPS) is 22.2. The number of rotatable bonds is 4. The number of amides is 1. The van der Waals surface area contributed by atoms with Gasteiger partial charge in [0.1, 0.15) is 10.0 Å². The van der Waals surface area contributed by atoms with Crippen molar-refractivity contribution >= 4 is 29.1 Å². The van der Waals surface area contributed by atoms with Crippen molar-refractivity contribution in [3.8, 4) is 0 Å². The summed E-state index contributed by atoms with van der Waals surface area (Å²) in [6.45, 7) is 9.96. The zero-order valence-electron chi connectivity index (χ0n) is 21.1. The molecule has 2 unspecified atom stereocenters. The third-order valence-electron chi connectivity index (χ3n) is 7.96. The van der Waals surface area contributed by atoms with E-state index in [0.29, 0.717) is 17.8 Å². The molecule has 37 heavy (non-hydrogen) atoms. The van der Waals surface area contributed by atoms with Crippen molar-refractivity contribution in [1.82, 2.24) is 14.7 Å². The number of halogens is 5. The number of benzene rings is 1. The minimum Gasteiger partial charge on any atom is -0.619 e. The predicted octanol–water partition coefficient (Wildman–Crippen LogP) is 5.41. The second kappa shape index (κ2) is 10.6. The second-order valence-electron chi connectivity index (χ2n) is 10.3. The van der Waals surface area contributed by atoms with E-state index in [1.807, 2.05) is 6.92 Å². The van der Waals surface area contributed by atoms with E-state index >= 15 is 0 Å². The fourth-order valence-corrected chi connectivity index (χ4v) is 6.16. The van der Waals surface area contributed by atoms with Crippen LogP contribution in [-0.4, -0.2) is 64.9 Å². The Kier molecular flexibility index (Phi) is 8.00. The zero-order chi connectivity index (χ0) is 27.1. The van der Waals surface area contributed by atoms with Crippen molar-refractivity contribution < 1.29 is 22.7 Å². The molecule has 2 atom stereocenters. The van der Waals surface area contributed by atoms with Crippen LogP contribution in [0.5, 0.6) is 0 Å². The van der Waals surface area contributed by atoms with Crippen LogP contribution in [0.1, 0.15) is 61.1 Å². The van der Waals surface area contributed by atoms with Gasteiger partial charge in [-0.25, -0.2) is 0 Å². The Morgan fingerprint density at radius 3 is 2.16 bits per heavy atom. The maximum Gasteiger partial charge on any atom is 0.416 e. The molecule has 2 aliphatic rings. The van der Waals surface area contributed by atoms with Crippen molar-refractivity contribution in [2.24, 2.45) is 0 Å². The fourth-order valence-electron chi connectivity index (χ4n) is 5.55. The highest BCUT2D eigenvalue weighted by Gasteiger charge is 2.41. The molecule has 0 spiro atoms. The van der Waals surface area contributed by atoms with Gasteiger partial charge in [-0.3, -0.25) is 14.6 Å². The van der Waals surface area contributed by atoms with Gasteiger partial charge in [-0.15, -0.1) is 0 Å². The van der Waals surface area contributed by atoms with E-state index in [9.17, 15) is 23.2 Å². The number of nitrogens with zero attached hydrogens (tertiary/aromatic N) is 4. The first-order valence-corrected chi connectivity index (χ1v) is 13.1. The molecule has 0 aliphatic carbocycles. The second-order valence-corrected chi connectivity index (χ2v) is 11.1. The lowest BCUT2D eigenvalue weighted by Crippen LogP contribution is -2.62. The molecule has 0 saturated carbocycles. The summed E-state index contributed by atoms with van der Waals surface area (Å²) < 4.78 is 39.3. The van der Waals surface area contributed by atoms with E-state index in [4.69, 9.17) is 23.2 Å². The lowest BCUT2D eigenvalue weighted by atomic mass is 9.86. The fraction of sp³-hybridized carbons (Fsp3) is 0.538. The minimum absolute atomic E-state index is 0.000113. The van der Waals surface area contributed by atoms with Crippen LogP contribution in [0, 0.1) is 5.21 Å². The van der Waals surface area contributed by atoms with Crippen LogP contribution in [0.2, 0.25) is 10.0 Å². The summed E-state index contributed by atoms with van der Waals surface area (Å²) in [4.78, 5) is 19.6. The van der Waals surface area contributed by atoms with Crippen LogP contribution in [0.4, 0.5) is 13.2 Å². The largest absolute Gasteiger partial charge is 0.619 e. The number of pyridine rings is 1. The Morgan fingerprint density at radius 1 is 1.08 bits per heavy atom. The number of piperidine rings is 1. The highest BCUT2D eigenvalue weighted by molar-refractivity contribution is 6.39. The van der Waals surface area contributed by atoms with E-state index in [1.165, 1.54) is 0 Å². The molecule has 1 amide bonds. The maximum absolute atomic E-state index is 13.1. The molecule has 2 saturated heterocycles. The molecule has 0 bridgehead atoms. The zero-order valence-corrected chi connectivity index (χ0v) is 22.6. The SMILES string of the molecule is CC1CN(C2(C)CCN(C(=O)c3c(Cl)c[n+]([O-])cc3Cl)CC2)CCN1C(C)c1ccc(C(F)(F)F)cc1. The van der Waals surface area contributed by atoms with Gasteiger partial charge in [0.15, 0.2) is 12.4 Å². The lowest BCUT2D eigenvalue weighted by Gasteiger charge is -2.52. The van der Waals surface area contributed by atoms with Gasteiger partial charge in [0, 0.05) is 50.3 Å². The Hall–Kier alpha value is -2.07. The van der Waals surface area contributed by atoms with Gasteiger partial charge >= 0.3 is 6.18 Å². The van der Waals surface area contributed by atoms with Gasteiger partial charge in [0.2, 0.25) is 0 Å². The summed E-state index contributed by atoms with van der Waals surface area (Å²) in [5, 5.41) is 11.6. The topological polar surface area (TPSA) is 53.7 Å². The van der Waals surface area contributed by atoms with Gasteiger partial charge < -0.3 is 10.1 Å². The van der Waals surface area contributed by atoms with E-state index in [-0.39, 0.29) is 39.1 Å². The van der Waals surface area contributed by atoms with Crippen LogP contribution >= 0.6 is 23.2 Å². The van der Waals surface area contributed by atoms with Crippen LogP contribution in [0.25, 0.3) is 0 Å². The maximum atomic E-state index is 13.1. The van der Waals surface area contributed by atoms with E-state index in [2.05, 4.69) is 23.6 Å². The van der Waals surface area contributed by atoms with Crippen molar-refractivity contribution in [1.29, 1.82) is 0 Å². The Bertz CT molecular complexity index is 1110. The van der Waals surface area contributed by atoms with Crippen LogP contribution in [0.3, 0.4) is 0 Å². The highest BCUT2D eigenvalue weighted by Crippen LogP contribution is 2.35. The highest BCUT2D eigenvalue weighted by atomic mass is 35.5. The van der Waals surface area contributed by atoms with Crippen molar-refractivity contribution in [3.63, 3.8) is 0 Å². The first-order chi connectivity index (χ1) is 17.3. The van der Waals surface area contributed by atoms with Crippen LogP contribution in [0.15, 0.2) is 36.7 Å². The third kappa shape index (κ3) is 5.85. The molecular formula is C26H31Cl2F3N4O2. The van der Waals surface area contributed by atoms with Crippen LogP contribution in [-0.2, 0) is 6.18 Å². The summed E-state index contributed by atoms with van der Waals surface area (Å²) >= 11 is 12.3. The predicted molar refractivity (Wildman–Crippen MR) is 137 cm³/mol. The van der Waals surface area contributed by atoms with E-state index in [0.717, 1.165) is 62.6 Å². The van der Waals surface area contributed by atoms with Gasteiger partial charge in [-0.1, -0.05) is 35.3 Å². The quantitative estimate of drug-likeness (QED) is 0.372. The molecule has 3 heterocycles. The number of likely N-dealkylation sites (tertiary alicyclic amines) is 1. The number of piperazine rings is 1. The molecule has 6 nitrogen and oxygen atoms in total. The average Bonchev–Trinajstić information content (AvgIpc) is 2.83. The number of aromatic nitrogens is 1. The molecule has 2 fully saturated rings. The van der Waals surface area contributed by atoms with Gasteiger partial charge in [0.05, 0.1) is 11.1 Å². The molecule has 4 rings (SSSR count). The Labute approximate surface area is 225 Å². The van der Waals surface area contributed by atoms with Crippen molar-refractivity contribution in [3.05, 3.63) is 68.6 Å². The molecule has 1 aromatic heterocycles. The van der Waals surface area contributed by atoms with E-state index in [1.54, 1.807) is 17.0 Å². The van der Waals surface area contributed by atoms with Gasteiger partial charge in [-0.2, -0.15) is 17.9 Å². The minimum atomic E-state index is -4.34. The Morgan fingerprint density at radius 2 is 1.65 bits per heavy atom. The summed E-state index contributed by atoms with van der Waals surface area (Å²) in [6.07, 6.45) is -0.523. The summed E-state index contributed by atoms with van der Waals surface area (Å²) in [5.74, 6) is -0.277. The van der Waals surface area contributed by atoms with Gasteiger partial charge in [-0.05, 0) is 51.3 Å². The monoisotopic (exact) mass is 558 g/mol. The Balaban J connectivity index is 1.36. The first kappa shape index (κ1) is 28.0. The smallest absolute Gasteiger partial charge is 0.416 e. The molecular weight excluding hydrogens is 528 g/mol. The first-order valence-electron chi connectivity index (χ1n) is 12.4. The van der Waals surface area contributed by atoms with Gasteiger partial charge in [0.25, 0.3) is 5.91 Å². The number of alkyl halides is 3. The van der Waals surface area contributed by atoms with Crippen molar-refractivity contribution in [2.75, 3.05) is 32.7 Å². The number of hydrogen-bond donors (Lipinski definition) is 0. The third-order valence-corrected chi connectivity index (χ3v) is 8.53. The summed E-state index contributed by atoms with van der Waals surface area (Å²) in [5.41, 5.74) is 0.298. The molecule has 2 aromatic rings. The van der Waals surface area contributed by atoms with Crippen LogP contribution < -0.4 is 4.73 Å². The lowest BCUT2D eigenvalue weighted by molar-refractivity contribution is -0.605. The van der Waals surface area contributed by atoms with Crippen molar-refractivity contribution in [2.45, 2.75) is 57.4 Å². The standard InChI is InChI=1S/C26H31Cl2F3N4O2/c1-17-14-33(12-13-35(17)18(2)19-4-6-20(7-5-19)26(29,30)31)25(3)8-10-32(11-9-25)24(36)23-21(27)15-34(37)16-22(23)28/h4-7,15-18H,8-14H2,1-3H3. The molecule has 0 N–H and O–H groups in total. The number of carbonyl (C=O) groups excluding carboxylic acids is 1.